The van der Waals surface area contributed by atoms with E-state index in [2.05, 4.69) is 0 Å². The summed E-state index contributed by atoms with van der Waals surface area (Å²) in [6, 6.07) is 15.2. The van der Waals surface area contributed by atoms with Gasteiger partial charge in [0.1, 0.15) is 11.5 Å². The van der Waals surface area contributed by atoms with Crippen LogP contribution in [0.25, 0.3) is 0 Å². The highest BCUT2D eigenvalue weighted by Crippen LogP contribution is 2.32. The first-order valence-electron chi connectivity index (χ1n) is 8.02. The molecule has 0 amide bonds. The Morgan fingerprint density at radius 1 is 0.929 bits per heavy atom. The molecule has 3 rings (SSSR count). The summed E-state index contributed by atoms with van der Waals surface area (Å²) in [4.78, 5) is 10.9. The highest BCUT2D eigenvalue weighted by molar-refractivity contribution is 7.91. The van der Waals surface area contributed by atoms with Gasteiger partial charge in [-0.05, 0) is 42.5 Å². The number of carbonyl (C=O) groups excluding carboxylic acids is 1. The molecule has 0 aliphatic carbocycles. The Balaban J connectivity index is 1.90. The number of hydrogen-bond donors (Lipinski definition) is 0. The summed E-state index contributed by atoms with van der Waals surface area (Å²) >= 11 is 5.95. The number of benzene rings is 3. The van der Waals surface area contributed by atoms with E-state index in [1.54, 1.807) is 18.2 Å². The number of hydrogen-bond acceptors (Lipinski definition) is 5. The van der Waals surface area contributed by atoms with Crippen molar-refractivity contribution in [2.45, 2.75) is 16.7 Å². The molecule has 0 radical (unpaired) electrons. The standard InChI is InChI=1S/C20H14ClFO5S/c1-13(23)26-15-9-14(21)10-16(11-15)27-20-8-7-18(12-19(20)22)28(24,25)17-5-3-2-4-6-17/h2-12H,1H3. The van der Waals surface area contributed by atoms with Gasteiger partial charge >= 0.3 is 5.97 Å². The van der Waals surface area contributed by atoms with Gasteiger partial charge in [0, 0.05) is 18.0 Å². The smallest absolute Gasteiger partial charge is 0.308 e. The van der Waals surface area contributed by atoms with Crippen molar-refractivity contribution in [2.75, 3.05) is 0 Å². The van der Waals surface area contributed by atoms with Gasteiger partial charge in [-0.2, -0.15) is 0 Å². The van der Waals surface area contributed by atoms with Crippen molar-refractivity contribution in [1.29, 1.82) is 0 Å². The Hall–Kier alpha value is -2.90. The lowest BCUT2D eigenvalue weighted by Crippen LogP contribution is -2.03. The number of esters is 1. The summed E-state index contributed by atoms with van der Waals surface area (Å²) in [5.74, 6) is -1.36. The topological polar surface area (TPSA) is 69.7 Å². The summed E-state index contributed by atoms with van der Waals surface area (Å²) in [5.41, 5.74) is 0. The zero-order valence-electron chi connectivity index (χ0n) is 14.6. The second-order valence-corrected chi connectivity index (χ2v) is 8.11. The van der Waals surface area contributed by atoms with Crippen molar-refractivity contribution in [1.82, 2.24) is 0 Å². The molecule has 5 nitrogen and oxygen atoms in total. The van der Waals surface area contributed by atoms with E-state index in [0.717, 1.165) is 6.07 Å². The lowest BCUT2D eigenvalue weighted by Gasteiger charge is -2.11. The van der Waals surface area contributed by atoms with Crippen LogP contribution in [0.5, 0.6) is 17.2 Å². The van der Waals surface area contributed by atoms with Crippen LogP contribution in [0.1, 0.15) is 6.92 Å². The molecule has 3 aromatic carbocycles. The van der Waals surface area contributed by atoms with Gasteiger partial charge in [0.2, 0.25) is 9.84 Å². The van der Waals surface area contributed by atoms with E-state index < -0.39 is 21.6 Å². The number of sulfone groups is 1. The lowest BCUT2D eigenvalue weighted by molar-refractivity contribution is -0.131. The minimum absolute atomic E-state index is 0.0592. The third-order valence-electron chi connectivity index (χ3n) is 3.60. The summed E-state index contributed by atoms with van der Waals surface area (Å²) in [5, 5.41) is 0.220. The van der Waals surface area contributed by atoms with Gasteiger partial charge in [0.15, 0.2) is 11.6 Å². The molecule has 0 fully saturated rings. The van der Waals surface area contributed by atoms with E-state index in [4.69, 9.17) is 21.1 Å². The van der Waals surface area contributed by atoms with Crippen molar-refractivity contribution >= 4 is 27.4 Å². The molecule has 0 atom stereocenters. The SMILES string of the molecule is CC(=O)Oc1cc(Cl)cc(Oc2ccc(S(=O)(=O)c3ccccc3)cc2F)c1. The molecule has 0 bridgehead atoms. The maximum atomic E-state index is 14.5. The van der Waals surface area contributed by atoms with Gasteiger partial charge in [-0.15, -0.1) is 0 Å². The molecule has 0 aliphatic rings. The summed E-state index contributed by atoms with van der Waals surface area (Å²) in [6.45, 7) is 1.23. The highest BCUT2D eigenvalue weighted by atomic mass is 35.5. The molecule has 0 aliphatic heterocycles. The van der Waals surface area contributed by atoms with Crippen molar-refractivity contribution in [3.8, 4) is 17.2 Å². The van der Waals surface area contributed by atoms with Crippen LogP contribution >= 0.6 is 11.6 Å². The lowest BCUT2D eigenvalue weighted by atomic mass is 10.3. The van der Waals surface area contributed by atoms with Crippen LogP contribution in [0.3, 0.4) is 0 Å². The van der Waals surface area contributed by atoms with Crippen LogP contribution in [0.4, 0.5) is 4.39 Å². The first kappa shape index (κ1) is 19.9. The molecule has 3 aromatic rings. The quantitative estimate of drug-likeness (QED) is 0.427. The third kappa shape index (κ3) is 4.49. The molecular weight excluding hydrogens is 407 g/mol. The van der Waals surface area contributed by atoms with Crippen molar-refractivity contribution in [2.24, 2.45) is 0 Å². The van der Waals surface area contributed by atoms with Crippen LogP contribution in [0, 0.1) is 5.82 Å². The van der Waals surface area contributed by atoms with E-state index >= 15 is 0 Å². The molecule has 0 N–H and O–H groups in total. The van der Waals surface area contributed by atoms with Gasteiger partial charge in [0.05, 0.1) is 9.79 Å². The number of ether oxygens (including phenoxy) is 2. The van der Waals surface area contributed by atoms with Gasteiger partial charge < -0.3 is 9.47 Å². The minimum Gasteiger partial charge on any atom is -0.454 e. The molecule has 0 saturated heterocycles. The molecule has 144 valence electrons. The number of carbonyl (C=O) groups is 1. The number of halogens is 2. The molecule has 0 saturated carbocycles. The Bertz CT molecular complexity index is 1130. The monoisotopic (exact) mass is 420 g/mol. The molecule has 28 heavy (non-hydrogen) atoms. The van der Waals surface area contributed by atoms with Gasteiger partial charge in [-0.3, -0.25) is 4.79 Å². The van der Waals surface area contributed by atoms with Crippen LogP contribution in [-0.2, 0) is 14.6 Å². The van der Waals surface area contributed by atoms with Crippen molar-refractivity contribution in [3.05, 3.63) is 77.6 Å². The predicted molar refractivity (Wildman–Crippen MR) is 101 cm³/mol. The van der Waals surface area contributed by atoms with Crippen molar-refractivity contribution < 1.29 is 27.1 Å². The second kappa shape index (κ2) is 8.00. The maximum absolute atomic E-state index is 14.5. The van der Waals surface area contributed by atoms with E-state index in [0.29, 0.717) is 0 Å². The zero-order valence-corrected chi connectivity index (χ0v) is 16.1. The summed E-state index contributed by atoms with van der Waals surface area (Å²) in [7, 11) is -3.85. The second-order valence-electron chi connectivity index (χ2n) is 5.73. The molecule has 0 aromatic heterocycles. The molecular formula is C20H14ClFO5S. The van der Waals surface area contributed by atoms with Crippen LogP contribution in [0.2, 0.25) is 5.02 Å². The Morgan fingerprint density at radius 3 is 2.25 bits per heavy atom. The Labute approximate surface area is 166 Å². The zero-order chi connectivity index (χ0) is 20.3. The predicted octanol–water partition coefficient (Wildman–Crippen LogP) is 5.03. The average Bonchev–Trinajstić information content (AvgIpc) is 2.63. The Kier molecular flexibility index (Phi) is 5.67. The van der Waals surface area contributed by atoms with Gasteiger partial charge in [-0.25, -0.2) is 12.8 Å². The summed E-state index contributed by atoms with van der Waals surface area (Å²) < 4.78 is 50.0. The van der Waals surface area contributed by atoms with E-state index in [-0.39, 0.29) is 32.1 Å². The van der Waals surface area contributed by atoms with E-state index in [9.17, 15) is 17.6 Å². The fourth-order valence-electron chi connectivity index (χ4n) is 2.42. The number of rotatable bonds is 5. The van der Waals surface area contributed by atoms with E-state index in [1.165, 1.54) is 49.4 Å². The maximum Gasteiger partial charge on any atom is 0.308 e. The average molecular weight is 421 g/mol. The Morgan fingerprint density at radius 2 is 1.61 bits per heavy atom. The van der Waals surface area contributed by atoms with Crippen LogP contribution in [0.15, 0.2) is 76.5 Å². The fraction of sp³-hybridized carbons (Fsp3) is 0.0500. The van der Waals surface area contributed by atoms with E-state index in [1.807, 2.05) is 0 Å². The third-order valence-corrected chi connectivity index (χ3v) is 5.59. The van der Waals surface area contributed by atoms with Gasteiger partial charge in [-0.1, -0.05) is 29.8 Å². The molecule has 0 unspecified atom stereocenters. The minimum atomic E-state index is -3.85. The first-order chi connectivity index (χ1) is 13.3. The summed E-state index contributed by atoms with van der Waals surface area (Å²) in [6.07, 6.45) is 0. The molecule has 8 heteroatoms. The van der Waals surface area contributed by atoms with Crippen LogP contribution in [-0.4, -0.2) is 14.4 Å². The van der Waals surface area contributed by atoms with Crippen molar-refractivity contribution in [3.63, 3.8) is 0 Å². The highest BCUT2D eigenvalue weighted by Gasteiger charge is 2.19. The molecule has 0 spiro atoms. The first-order valence-corrected chi connectivity index (χ1v) is 9.88. The molecule has 0 heterocycles. The van der Waals surface area contributed by atoms with Gasteiger partial charge in [0.25, 0.3) is 0 Å². The fourth-order valence-corrected chi connectivity index (χ4v) is 3.92. The largest absolute Gasteiger partial charge is 0.454 e. The van der Waals surface area contributed by atoms with Crippen LogP contribution < -0.4 is 9.47 Å². The normalized spacial score (nSPS) is 11.1.